The Morgan fingerprint density at radius 3 is 2.36 bits per heavy atom. The number of thiophene rings is 1. The highest BCUT2D eigenvalue weighted by atomic mass is 32.1. The van der Waals surface area contributed by atoms with Gasteiger partial charge in [0, 0.05) is 22.1 Å². The Morgan fingerprint density at radius 2 is 1.68 bits per heavy atom. The van der Waals surface area contributed by atoms with Crippen LogP contribution in [-0.4, -0.2) is 10.5 Å². The maximum atomic E-state index is 12.7. The zero-order valence-electron chi connectivity index (χ0n) is 12.6. The van der Waals surface area contributed by atoms with Gasteiger partial charge in [-0.25, -0.2) is 0 Å². The van der Waals surface area contributed by atoms with Crippen LogP contribution in [0.1, 0.15) is 36.0 Å². The molecular weight excluding hydrogens is 294 g/mol. The van der Waals surface area contributed by atoms with Crippen LogP contribution in [0.15, 0.2) is 41.2 Å². The zero-order chi connectivity index (χ0) is 15.6. The van der Waals surface area contributed by atoms with E-state index < -0.39 is 0 Å². The minimum absolute atomic E-state index is 0.00810. The lowest BCUT2D eigenvalue weighted by atomic mass is 9.95. The van der Waals surface area contributed by atoms with Crippen LogP contribution >= 0.6 is 11.3 Å². The van der Waals surface area contributed by atoms with E-state index in [0.717, 1.165) is 16.0 Å². The van der Waals surface area contributed by atoms with Gasteiger partial charge in [-0.1, -0.05) is 39.0 Å². The normalized spacial score (nSPS) is 13.5. The standard InChI is InChI=1S/C18H15NO2S/c1-18(2,3)15-9-13-16(22-15)14(20)8-12-10-6-4-5-7-11(10)17(21)19(12)13/h4-9H,1-3H3. The third-order valence-corrected chi connectivity index (χ3v) is 5.63. The van der Waals surface area contributed by atoms with Gasteiger partial charge in [-0.3, -0.25) is 14.2 Å². The molecule has 3 nitrogen and oxygen atoms in total. The van der Waals surface area contributed by atoms with Gasteiger partial charge in [-0.15, -0.1) is 11.3 Å². The maximum Gasteiger partial charge on any atom is 0.263 e. The van der Waals surface area contributed by atoms with E-state index in [1.54, 1.807) is 10.6 Å². The zero-order valence-corrected chi connectivity index (χ0v) is 13.5. The maximum absolute atomic E-state index is 12.7. The minimum atomic E-state index is -0.0474. The van der Waals surface area contributed by atoms with Crippen LogP contribution < -0.4 is 5.43 Å². The summed E-state index contributed by atoms with van der Waals surface area (Å²) < 4.78 is 2.35. The first-order valence-corrected chi connectivity index (χ1v) is 8.04. The van der Waals surface area contributed by atoms with Crippen molar-refractivity contribution in [2.75, 3.05) is 0 Å². The highest BCUT2D eigenvalue weighted by Crippen LogP contribution is 2.38. The van der Waals surface area contributed by atoms with E-state index in [0.29, 0.717) is 16.0 Å². The molecule has 0 atom stereocenters. The lowest BCUT2D eigenvalue weighted by Gasteiger charge is -2.14. The molecule has 0 saturated carbocycles. The summed E-state index contributed by atoms with van der Waals surface area (Å²) in [4.78, 5) is 26.3. The van der Waals surface area contributed by atoms with E-state index in [4.69, 9.17) is 0 Å². The molecule has 0 N–H and O–H groups in total. The first-order chi connectivity index (χ1) is 10.4. The molecule has 4 rings (SSSR count). The quantitative estimate of drug-likeness (QED) is 0.492. The molecular formula is C18H15NO2S. The van der Waals surface area contributed by atoms with Crippen molar-refractivity contribution in [3.8, 4) is 11.3 Å². The third kappa shape index (κ3) is 1.67. The summed E-state index contributed by atoms with van der Waals surface area (Å²) in [5.41, 5.74) is 2.90. The second kappa shape index (κ2) is 4.17. The van der Waals surface area contributed by atoms with Gasteiger partial charge >= 0.3 is 0 Å². The molecule has 2 aromatic heterocycles. The fraction of sp³-hybridized carbons (Fsp3) is 0.222. The first kappa shape index (κ1) is 13.5. The van der Waals surface area contributed by atoms with Crippen molar-refractivity contribution in [1.29, 1.82) is 0 Å². The molecule has 0 fully saturated rings. The highest BCUT2D eigenvalue weighted by Gasteiger charge is 2.29. The van der Waals surface area contributed by atoms with Crippen molar-refractivity contribution < 1.29 is 4.79 Å². The Hall–Kier alpha value is -2.20. The molecule has 22 heavy (non-hydrogen) atoms. The lowest BCUT2D eigenvalue weighted by molar-refractivity contribution is 0.0973. The van der Waals surface area contributed by atoms with E-state index in [9.17, 15) is 9.59 Å². The molecule has 1 aliphatic rings. The summed E-state index contributed by atoms with van der Waals surface area (Å²) in [7, 11) is 0. The Kier molecular flexibility index (Phi) is 2.55. The monoisotopic (exact) mass is 309 g/mol. The summed E-state index contributed by atoms with van der Waals surface area (Å²) in [5.74, 6) is -0.0474. The van der Waals surface area contributed by atoms with Crippen molar-refractivity contribution in [2.24, 2.45) is 0 Å². The molecule has 0 saturated heterocycles. The average Bonchev–Trinajstić information content (AvgIpc) is 3.01. The van der Waals surface area contributed by atoms with Crippen LogP contribution in [0, 0.1) is 0 Å². The number of nitrogens with zero attached hydrogens (tertiary/aromatic N) is 1. The van der Waals surface area contributed by atoms with E-state index in [1.807, 2.05) is 30.3 Å². The van der Waals surface area contributed by atoms with E-state index in [2.05, 4.69) is 20.8 Å². The van der Waals surface area contributed by atoms with Crippen molar-refractivity contribution in [3.05, 3.63) is 57.1 Å². The van der Waals surface area contributed by atoms with Crippen molar-refractivity contribution in [1.82, 2.24) is 4.57 Å². The Morgan fingerprint density at radius 1 is 1.00 bits per heavy atom. The summed E-state index contributed by atoms with van der Waals surface area (Å²) in [6.07, 6.45) is 0. The Balaban J connectivity index is 2.13. The van der Waals surface area contributed by atoms with E-state index in [-0.39, 0.29) is 16.8 Å². The molecule has 0 spiro atoms. The molecule has 1 aromatic carbocycles. The van der Waals surface area contributed by atoms with Gasteiger partial charge in [0.25, 0.3) is 5.91 Å². The number of hydrogen-bond acceptors (Lipinski definition) is 3. The lowest BCUT2D eigenvalue weighted by Crippen LogP contribution is -2.11. The molecule has 3 heterocycles. The van der Waals surface area contributed by atoms with Crippen LogP contribution in [0.2, 0.25) is 0 Å². The summed E-state index contributed by atoms with van der Waals surface area (Å²) >= 11 is 1.49. The molecule has 3 aromatic rings. The van der Waals surface area contributed by atoms with Crippen molar-refractivity contribution >= 4 is 27.5 Å². The SMILES string of the molecule is CC(C)(C)c1cc2c(s1)c(=O)cc1n2C(=O)c2ccccc2-1. The fourth-order valence-corrected chi connectivity index (χ4v) is 4.02. The van der Waals surface area contributed by atoms with Gasteiger partial charge in [-0.05, 0) is 17.5 Å². The molecule has 0 unspecified atom stereocenters. The average molecular weight is 309 g/mol. The summed E-state index contributed by atoms with van der Waals surface area (Å²) in [6, 6.07) is 11.0. The van der Waals surface area contributed by atoms with Crippen LogP contribution in [0.5, 0.6) is 0 Å². The number of hydrogen-bond donors (Lipinski definition) is 0. The smallest absolute Gasteiger partial charge is 0.263 e. The Labute approximate surface area is 131 Å². The van der Waals surface area contributed by atoms with Crippen molar-refractivity contribution in [2.45, 2.75) is 26.2 Å². The van der Waals surface area contributed by atoms with Crippen molar-refractivity contribution in [3.63, 3.8) is 0 Å². The Bertz CT molecular complexity index is 1000. The number of benzene rings is 1. The minimum Gasteiger partial charge on any atom is -0.288 e. The molecule has 1 aliphatic heterocycles. The van der Waals surface area contributed by atoms with Gasteiger partial charge in [0.1, 0.15) is 0 Å². The molecule has 0 aliphatic carbocycles. The number of aromatic nitrogens is 1. The van der Waals surface area contributed by atoms with Gasteiger partial charge in [0.15, 0.2) is 5.43 Å². The highest BCUT2D eigenvalue weighted by molar-refractivity contribution is 7.19. The van der Waals surface area contributed by atoms with E-state index in [1.165, 1.54) is 11.3 Å². The van der Waals surface area contributed by atoms with E-state index >= 15 is 0 Å². The van der Waals surface area contributed by atoms with Gasteiger partial charge < -0.3 is 0 Å². The van der Waals surface area contributed by atoms with Crippen LogP contribution in [-0.2, 0) is 5.41 Å². The molecule has 4 heteroatoms. The summed E-state index contributed by atoms with van der Waals surface area (Å²) in [6.45, 7) is 6.34. The third-order valence-electron chi connectivity index (χ3n) is 4.06. The molecule has 110 valence electrons. The predicted molar refractivity (Wildman–Crippen MR) is 89.9 cm³/mol. The number of rotatable bonds is 0. The molecule has 0 radical (unpaired) electrons. The number of fused-ring (bicyclic) bond motifs is 5. The number of carbonyl (C=O) groups excluding carboxylic acids is 1. The van der Waals surface area contributed by atoms with Gasteiger partial charge in [-0.2, -0.15) is 0 Å². The fourth-order valence-electron chi connectivity index (χ4n) is 2.91. The second-order valence-corrected chi connectivity index (χ2v) is 7.71. The molecule has 0 bridgehead atoms. The van der Waals surface area contributed by atoms with Gasteiger partial charge in [0.05, 0.1) is 15.9 Å². The number of pyridine rings is 1. The second-order valence-electron chi connectivity index (χ2n) is 6.65. The largest absolute Gasteiger partial charge is 0.288 e. The van der Waals surface area contributed by atoms with Crippen LogP contribution in [0.3, 0.4) is 0 Å². The number of carbonyl (C=O) groups is 1. The van der Waals surface area contributed by atoms with Gasteiger partial charge in [0.2, 0.25) is 0 Å². The first-order valence-electron chi connectivity index (χ1n) is 7.22. The molecule has 0 amide bonds. The van der Waals surface area contributed by atoms with Crippen LogP contribution in [0.25, 0.3) is 21.5 Å². The van der Waals surface area contributed by atoms with Crippen LogP contribution in [0.4, 0.5) is 0 Å². The summed E-state index contributed by atoms with van der Waals surface area (Å²) in [5, 5.41) is 0. The predicted octanol–water partition coefficient (Wildman–Crippen LogP) is 4.03. The topological polar surface area (TPSA) is 39.1 Å².